The summed E-state index contributed by atoms with van der Waals surface area (Å²) in [7, 11) is 0. The Morgan fingerprint density at radius 2 is 1.69 bits per heavy atom. The van der Waals surface area contributed by atoms with Crippen molar-refractivity contribution in [3.8, 4) is 5.75 Å². The molecular formula is C29H38F2O. The third-order valence-electron chi connectivity index (χ3n) is 7.38. The maximum Gasteiger partial charge on any atom is 0.126 e. The zero-order valence-corrected chi connectivity index (χ0v) is 20.3. The summed E-state index contributed by atoms with van der Waals surface area (Å²) >= 11 is 0. The number of ether oxygens (including phenoxy) is 1. The molecule has 2 aliphatic rings. The van der Waals surface area contributed by atoms with Crippen LogP contribution in [0, 0.1) is 29.4 Å². The monoisotopic (exact) mass is 440 g/mol. The molecule has 4 rings (SSSR count). The fourth-order valence-corrected chi connectivity index (χ4v) is 4.92. The van der Waals surface area contributed by atoms with Crippen LogP contribution in [0.5, 0.6) is 5.75 Å². The molecule has 0 N–H and O–H groups in total. The molecule has 0 heterocycles. The molecule has 2 aliphatic carbocycles. The van der Waals surface area contributed by atoms with E-state index in [0.29, 0.717) is 30.1 Å². The number of benzene rings is 2. The van der Waals surface area contributed by atoms with Crippen LogP contribution in [-0.2, 0) is 17.3 Å². The summed E-state index contributed by atoms with van der Waals surface area (Å²) in [5, 5.41) is 0. The van der Waals surface area contributed by atoms with Crippen LogP contribution >= 0.6 is 0 Å². The summed E-state index contributed by atoms with van der Waals surface area (Å²) in [5.41, 5.74) is 3.09. The first-order chi connectivity index (χ1) is 15.0. The Kier molecular flexibility index (Phi) is 6.40. The Morgan fingerprint density at radius 3 is 2.38 bits per heavy atom. The van der Waals surface area contributed by atoms with Gasteiger partial charge in [-0.2, -0.15) is 0 Å². The van der Waals surface area contributed by atoms with Crippen molar-refractivity contribution in [3.05, 3.63) is 64.7 Å². The fourth-order valence-electron chi connectivity index (χ4n) is 4.92. The van der Waals surface area contributed by atoms with Gasteiger partial charge in [0.1, 0.15) is 17.4 Å². The Bertz CT molecular complexity index is 952. The van der Waals surface area contributed by atoms with E-state index in [0.717, 1.165) is 30.4 Å². The van der Waals surface area contributed by atoms with E-state index in [-0.39, 0.29) is 22.5 Å². The van der Waals surface area contributed by atoms with E-state index in [1.807, 2.05) is 12.1 Å². The van der Waals surface area contributed by atoms with Gasteiger partial charge in [0.25, 0.3) is 0 Å². The van der Waals surface area contributed by atoms with Gasteiger partial charge in [0, 0.05) is 6.07 Å². The fraction of sp³-hybridized carbons (Fsp3) is 0.586. The first-order valence-corrected chi connectivity index (χ1v) is 12.2. The van der Waals surface area contributed by atoms with Crippen molar-refractivity contribution >= 4 is 0 Å². The molecule has 2 unspecified atom stereocenters. The average Bonchev–Trinajstić information content (AvgIpc) is 3.62. The van der Waals surface area contributed by atoms with Crippen molar-refractivity contribution in [2.24, 2.45) is 17.8 Å². The third kappa shape index (κ3) is 5.71. The molecule has 2 aromatic rings. The van der Waals surface area contributed by atoms with Gasteiger partial charge in [0.15, 0.2) is 0 Å². The molecule has 0 bridgehead atoms. The molecule has 0 aliphatic heterocycles. The standard InChI is InChI=1S/C29H38F2O/c1-28(2,3)23-10-13-26(31)21(15-23)9-8-20-14-22(20)17-29(4,5)25-12-11-24(30)16-27(25)32-18-19-6-7-19/h10-13,15-16,19-20,22H,6-9,14,17-18H2,1-5H3. The lowest BCUT2D eigenvalue weighted by molar-refractivity contribution is 0.286. The van der Waals surface area contributed by atoms with E-state index in [2.05, 4.69) is 40.7 Å². The number of hydrogen-bond acceptors (Lipinski definition) is 1. The molecule has 2 fully saturated rings. The molecule has 174 valence electrons. The van der Waals surface area contributed by atoms with Crippen molar-refractivity contribution in [1.29, 1.82) is 0 Å². The molecule has 2 saturated carbocycles. The summed E-state index contributed by atoms with van der Waals surface area (Å²) < 4.78 is 34.3. The third-order valence-corrected chi connectivity index (χ3v) is 7.38. The highest BCUT2D eigenvalue weighted by Gasteiger charge is 2.41. The molecule has 2 aromatic carbocycles. The number of aryl methyl sites for hydroxylation is 1. The van der Waals surface area contributed by atoms with Crippen LogP contribution in [0.15, 0.2) is 36.4 Å². The molecular weight excluding hydrogens is 402 g/mol. The molecule has 3 heteroatoms. The summed E-state index contributed by atoms with van der Waals surface area (Å²) in [5.74, 6) is 2.31. The zero-order chi connectivity index (χ0) is 23.1. The summed E-state index contributed by atoms with van der Waals surface area (Å²) in [6, 6.07) is 10.6. The van der Waals surface area contributed by atoms with Gasteiger partial charge in [0.05, 0.1) is 6.61 Å². The van der Waals surface area contributed by atoms with Crippen molar-refractivity contribution in [2.75, 3.05) is 6.61 Å². The first-order valence-electron chi connectivity index (χ1n) is 12.2. The Labute approximate surface area is 192 Å². The highest BCUT2D eigenvalue weighted by Crippen LogP contribution is 2.50. The van der Waals surface area contributed by atoms with Gasteiger partial charge in [-0.1, -0.05) is 52.8 Å². The minimum absolute atomic E-state index is 0.0308. The van der Waals surface area contributed by atoms with Gasteiger partial charge in [0.2, 0.25) is 0 Å². The lowest BCUT2D eigenvalue weighted by atomic mass is 9.79. The van der Waals surface area contributed by atoms with Crippen molar-refractivity contribution < 1.29 is 13.5 Å². The molecule has 0 amide bonds. The highest BCUT2D eigenvalue weighted by molar-refractivity contribution is 5.40. The van der Waals surface area contributed by atoms with Gasteiger partial charge in [-0.05, 0) is 95.9 Å². The van der Waals surface area contributed by atoms with Crippen molar-refractivity contribution in [3.63, 3.8) is 0 Å². The van der Waals surface area contributed by atoms with Crippen molar-refractivity contribution in [2.45, 2.75) is 84.0 Å². The Hall–Kier alpha value is -1.90. The summed E-state index contributed by atoms with van der Waals surface area (Å²) in [6.45, 7) is 11.7. The van der Waals surface area contributed by atoms with Crippen LogP contribution in [-0.4, -0.2) is 6.61 Å². The molecule has 0 radical (unpaired) electrons. The SMILES string of the molecule is CC(C)(C)c1ccc(F)c(CCC2CC2CC(C)(C)c2ccc(F)cc2OCC2CC2)c1. The Balaban J connectivity index is 1.36. The van der Waals surface area contributed by atoms with Crippen LogP contribution in [0.2, 0.25) is 0 Å². The van der Waals surface area contributed by atoms with Gasteiger partial charge in [-0.15, -0.1) is 0 Å². The van der Waals surface area contributed by atoms with Gasteiger partial charge in [-0.3, -0.25) is 0 Å². The van der Waals surface area contributed by atoms with E-state index >= 15 is 0 Å². The summed E-state index contributed by atoms with van der Waals surface area (Å²) in [6.07, 6.45) is 6.51. The topological polar surface area (TPSA) is 9.23 Å². The lowest BCUT2D eigenvalue weighted by Crippen LogP contribution is -2.20. The second-order valence-corrected chi connectivity index (χ2v) is 11.8. The maximum atomic E-state index is 14.4. The van der Waals surface area contributed by atoms with Crippen molar-refractivity contribution in [1.82, 2.24) is 0 Å². The second kappa shape index (κ2) is 8.80. The van der Waals surface area contributed by atoms with Gasteiger partial charge in [-0.25, -0.2) is 8.78 Å². The van der Waals surface area contributed by atoms with E-state index in [1.165, 1.54) is 24.8 Å². The van der Waals surface area contributed by atoms with Gasteiger partial charge >= 0.3 is 0 Å². The van der Waals surface area contributed by atoms with E-state index in [1.54, 1.807) is 18.2 Å². The van der Waals surface area contributed by atoms with Crippen LogP contribution < -0.4 is 4.74 Å². The maximum absolute atomic E-state index is 14.4. The predicted molar refractivity (Wildman–Crippen MR) is 127 cm³/mol. The van der Waals surface area contributed by atoms with Crippen LogP contribution in [0.3, 0.4) is 0 Å². The van der Waals surface area contributed by atoms with Crippen LogP contribution in [0.25, 0.3) is 0 Å². The highest BCUT2D eigenvalue weighted by atomic mass is 19.1. The normalized spacial score (nSPS) is 21.0. The number of rotatable bonds is 9. The smallest absolute Gasteiger partial charge is 0.126 e. The van der Waals surface area contributed by atoms with Crippen LogP contribution in [0.4, 0.5) is 8.78 Å². The van der Waals surface area contributed by atoms with Crippen LogP contribution in [0.1, 0.15) is 83.4 Å². The number of halogens is 2. The molecule has 1 nitrogen and oxygen atoms in total. The molecule has 0 saturated heterocycles. The quantitative estimate of drug-likeness (QED) is 0.384. The van der Waals surface area contributed by atoms with E-state index in [4.69, 9.17) is 4.74 Å². The first kappa shape index (κ1) is 23.3. The molecule has 32 heavy (non-hydrogen) atoms. The molecule has 0 spiro atoms. The van der Waals surface area contributed by atoms with E-state index < -0.39 is 0 Å². The van der Waals surface area contributed by atoms with E-state index in [9.17, 15) is 8.78 Å². The summed E-state index contributed by atoms with van der Waals surface area (Å²) in [4.78, 5) is 0. The molecule has 0 aromatic heterocycles. The minimum atomic E-state index is -0.237. The minimum Gasteiger partial charge on any atom is -0.493 e. The average molecular weight is 441 g/mol. The second-order valence-electron chi connectivity index (χ2n) is 11.8. The zero-order valence-electron chi connectivity index (χ0n) is 20.3. The Morgan fingerprint density at radius 1 is 0.938 bits per heavy atom. The van der Waals surface area contributed by atoms with Gasteiger partial charge < -0.3 is 4.74 Å². The largest absolute Gasteiger partial charge is 0.493 e. The predicted octanol–water partition coefficient (Wildman–Crippen LogP) is 7.99. The molecule has 2 atom stereocenters. The lowest BCUT2D eigenvalue weighted by Gasteiger charge is -2.28. The number of hydrogen-bond donors (Lipinski definition) is 0.